The van der Waals surface area contributed by atoms with Crippen LogP contribution in [0.4, 0.5) is 0 Å². The van der Waals surface area contributed by atoms with Gasteiger partial charge in [0.05, 0.1) is 0 Å². The van der Waals surface area contributed by atoms with Crippen LogP contribution in [0.1, 0.15) is 48.7 Å². The number of amides is 1. The molecule has 0 aliphatic carbocycles. The lowest BCUT2D eigenvalue weighted by atomic mass is 10.0. The Balaban J connectivity index is 1.79. The second-order valence-corrected chi connectivity index (χ2v) is 8.06. The first-order valence-electron chi connectivity index (χ1n) is 8.39. The molecule has 0 spiro atoms. The molecule has 1 fully saturated rings. The van der Waals surface area contributed by atoms with Gasteiger partial charge < -0.3 is 14.1 Å². The highest BCUT2D eigenvalue weighted by Crippen LogP contribution is 2.24. The van der Waals surface area contributed by atoms with Gasteiger partial charge in [0.25, 0.3) is 5.91 Å². The number of aromatic amines is 1. The minimum absolute atomic E-state index is 0.0509. The fourth-order valence-corrected chi connectivity index (χ4v) is 3.75. The Labute approximate surface area is 147 Å². The molecule has 2 aromatic rings. The smallest absolute Gasteiger partial charge is 0.340 e. The summed E-state index contributed by atoms with van der Waals surface area (Å²) < 4.78 is 30.2. The summed E-state index contributed by atoms with van der Waals surface area (Å²) in [6.07, 6.45) is 3.25. The zero-order chi connectivity index (χ0) is 18.0. The molecule has 25 heavy (non-hydrogen) atoms. The highest BCUT2D eigenvalue weighted by Gasteiger charge is 2.24. The lowest BCUT2D eigenvalue weighted by Gasteiger charge is -2.13. The monoisotopic (exact) mass is 362 g/mol. The molecule has 1 saturated heterocycles. The summed E-state index contributed by atoms with van der Waals surface area (Å²) >= 11 is 0. The van der Waals surface area contributed by atoms with Crippen LogP contribution in [0.25, 0.3) is 0 Å². The quantitative estimate of drug-likeness (QED) is 0.829. The molecule has 134 valence electrons. The summed E-state index contributed by atoms with van der Waals surface area (Å²) in [6.45, 7) is 5.46. The van der Waals surface area contributed by atoms with Crippen molar-refractivity contribution in [3.05, 3.63) is 47.8 Å². The van der Waals surface area contributed by atoms with E-state index in [1.165, 1.54) is 12.3 Å². The van der Waals surface area contributed by atoms with E-state index in [-0.39, 0.29) is 28.2 Å². The number of hydrogen-bond acceptors (Lipinski definition) is 4. The van der Waals surface area contributed by atoms with Crippen LogP contribution in [0.3, 0.4) is 0 Å². The Kier molecular flexibility index (Phi) is 4.85. The van der Waals surface area contributed by atoms with Gasteiger partial charge >= 0.3 is 10.1 Å². The number of nitrogens with zero attached hydrogens (tertiary/aromatic N) is 1. The molecule has 1 aliphatic rings. The van der Waals surface area contributed by atoms with Crippen LogP contribution in [0.15, 0.2) is 41.4 Å². The molecule has 1 aliphatic heterocycles. The second kappa shape index (κ2) is 6.92. The first kappa shape index (κ1) is 17.5. The Hall–Kier alpha value is -2.28. The predicted octanol–water partition coefficient (Wildman–Crippen LogP) is 3.14. The van der Waals surface area contributed by atoms with E-state index in [9.17, 15) is 13.2 Å². The van der Waals surface area contributed by atoms with Gasteiger partial charge in [-0.3, -0.25) is 4.79 Å². The number of H-pyrrole nitrogens is 1. The molecule has 0 saturated carbocycles. The van der Waals surface area contributed by atoms with Crippen LogP contribution in [0, 0.1) is 0 Å². The van der Waals surface area contributed by atoms with Crippen molar-refractivity contribution in [3.63, 3.8) is 0 Å². The van der Waals surface area contributed by atoms with Gasteiger partial charge in [-0.15, -0.1) is 0 Å². The first-order valence-corrected chi connectivity index (χ1v) is 9.80. The SMILES string of the molecule is CC(C)c1cccc(OS(=O)(=O)c2c[nH]c(C(=O)N3CCCC3)c2)c1. The van der Waals surface area contributed by atoms with Gasteiger partial charge in [-0.2, -0.15) is 8.42 Å². The van der Waals surface area contributed by atoms with Crippen LogP contribution in [0.2, 0.25) is 0 Å². The van der Waals surface area contributed by atoms with Crippen LogP contribution in [-0.4, -0.2) is 37.3 Å². The molecule has 3 rings (SSSR count). The average Bonchev–Trinajstić information content (AvgIpc) is 3.26. The number of rotatable bonds is 5. The van der Waals surface area contributed by atoms with E-state index in [4.69, 9.17) is 4.18 Å². The van der Waals surface area contributed by atoms with Crippen molar-refractivity contribution >= 4 is 16.0 Å². The molecule has 0 unspecified atom stereocenters. The summed E-state index contributed by atoms with van der Waals surface area (Å²) in [5.74, 6) is 0.351. The van der Waals surface area contributed by atoms with Crippen molar-refractivity contribution in [2.45, 2.75) is 37.5 Å². The van der Waals surface area contributed by atoms with Crippen molar-refractivity contribution in [1.29, 1.82) is 0 Å². The van der Waals surface area contributed by atoms with Gasteiger partial charge in [0.2, 0.25) is 0 Å². The summed E-state index contributed by atoms with van der Waals surface area (Å²) in [5.41, 5.74) is 1.26. The molecule has 1 aromatic carbocycles. The number of likely N-dealkylation sites (tertiary alicyclic amines) is 1. The lowest BCUT2D eigenvalue weighted by Crippen LogP contribution is -2.27. The number of carbonyl (C=O) groups is 1. The van der Waals surface area contributed by atoms with E-state index in [1.807, 2.05) is 19.9 Å². The molecule has 7 heteroatoms. The third kappa shape index (κ3) is 3.87. The Morgan fingerprint density at radius 2 is 1.92 bits per heavy atom. The van der Waals surface area contributed by atoms with E-state index < -0.39 is 10.1 Å². The molecular weight excluding hydrogens is 340 g/mol. The van der Waals surface area contributed by atoms with Crippen LogP contribution < -0.4 is 4.18 Å². The number of aromatic nitrogens is 1. The molecule has 0 radical (unpaired) electrons. The van der Waals surface area contributed by atoms with Crippen molar-refractivity contribution < 1.29 is 17.4 Å². The van der Waals surface area contributed by atoms with Crippen LogP contribution in [-0.2, 0) is 10.1 Å². The van der Waals surface area contributed by atoms with Gasteiger partial charge in [-0.25, -0.2) is 0 Å². The predicted molar refractivity (Wildman–Crippen MR) is 94.3 cm³/mol. The standard InChI is InChI=1S/C18H22N2O4S/c1-13(2)14-6-5-7-15(10-14)24-25(22,23)16-11-17(19-12-16)18(21)20-8-3-4-9-20/h5-7,10-13,19H,3-4,8-9H2,1-2H3. The Morgan fingerprint density at radius 3 is 2.60 bits per heavy atom. The minimum atomic E-state index is -3.99. The lowest BCUT2D eigenvalue weighted by molar-refractivity contribution is 0.0787. The fourth-order valence-electron chi connectivity index (χ4n) is 2.83. The van der Waals surface area contributed by atoms with Gasteiger partial charge in [0.15, 0.2) is 0 Å². The maximum absolute atomic E-state index is 12.5. The van der Waals surface area contributed by atoms with Crippen molar-refractivity contribution in [2.24, 2.45) is 0 Å². The molecule has 0 atom stereocenters. The van der Waals surface area contributed by atoms with Gasteiger partial charge in [-0.1, -0.05) is 26.0 Å². The van der Waals surface area contributed by atoms with E-state index >= 15 is 0 Å². The van der Waals surface area contributed by atoms with Gasteiger partial charge in [0, 0.05) is 19.3 Å². The number of benzene rings is 1. The van der Waals surface area contributed by atoms with E-state index in [0.717, 1.165) is 18.4 Å². The zero-order valence-electron chi connectivity index (χ0n) is 14.4. The maximum atomic E-state index is 12.5. The summed E-state index contributed by atoms with van der Waals surface area (Å²) in [7, 11) is -3.99. The van der Waals surface area contributed by atoms with E-state index in [0.29, 0.717) is 13.1 Å². The summed E-state index contributed by atoms with van der Waals surface area (Å²) in [5, 5.41) is 0. The van der Waals surface area contributed by atoms with Gasteiger partial charge in [-0.05, 0) is 42.5 Å². The fraction of sp³-hybridized carbons (Fsp3) is 0.389. The first-order chi connectivity index (χ1) is 11.9. The molecule has 1 aromatic heterocycles. The number of hydrogen-bond donors (Lipinski definition) is 1. The average molecular weight is 362 g/mol. The topological polar surface area (TPSA) is 79.5 Å². The van der Waals surface area contributed by atoms with Crippen molar-refractivity contribution in [2.75, 3.05) is 13.1 Å². The minimum Gasteiger partial charge on any atom is -0.379 e. The normalized spacial score (nSPS) is 14.9. The second-order valence-electron chi connectivity index (χ2n) is 6.51. The van der Waals surface area contributed by atoms with Crippen molar-refractivity contribution in [3.8, 4) is 5.75 Å². The highest BCUT2D eigenvalue weighted by molar-refractivity contribution is 7.87. The molecule has 2 heterocycles. The third-order valence-electron chi connectivity index (χ3n) is 4.30. The molecule has 6 nitrogen and oxygen atoms in total. The summed E-state index contributed by atoms with van der Waals surface area (Å²) in [6, 6.07) is 8.34. The molecule has 1 N–H and O–H groups in total. The van der Waals surface area contributed by atoms with Crippen LogP contribution in [0.5, 0.6) is 5.75 Å². The van der Waals surface area contributed by atoms with E-state index in [2.05, 4.69) is 4.98 Å². The molecule has 1 amide bonds. The summed E-state index contributed by atoms with van der Waals surface area (Å²) in [4.78, 5) is 16.7. The molecule has 0 bridgehead atoms. The third-order valence-corrected chi connectivity index (χ3v) is 5.52. The number of carbonyl (C=O) groups excluding carboxylic acids is 1. The van der Waals surface area contributed by atoms with Crippen molar-refractivity contribution in [1.82, 2.24) is 9.88 Å². The van der Waals surface area contributed by atoms with E-state index in [1.54, 1.807) is 23.1 Å². The van der Waals surface area contributed by atoms with Crippen LogP contribution >= 0.6 is 0 Å². The number of nitrogens with one attached hydrogen (secondary N) is 1. The zero-order valence-corrected chi connectivity index (χ0v) is 15.2. The Bertz CT molecular complexity index is 865. The van der Waals surface area contributed by atoms with Gasteiger partial charge in [0.1, 0.15) is 16.3 Å². The molecular formula is C18H22N2O4S. The highest BCUT2D eigenvalue weighted by atomic mass is 32.2. The largest absolute Gasteiger partial charge is 0.379 e. The Morgan fingerprint density at radius 1 is 1.20 bits per heavy atom. The maximum Gasteiger partial charge on any atom is 0.340 e.